The molecule has 0 amide bonds. The Kier molecular flexibility index (Phi) is 10.6. The highest BCUT2D eigenvalue weighted by Crippen LogP contribution is 2.58. The lowest BCUT2D eigenvalue weighted by Crippen LogP contribution is -2.37. The van der Waals surface area contributed by atoms with Gasteiger partial charge in [-0.3, -0.25) is 9.97 Å². The molecule has 4 atom stereocenters. The van der Waals surface area contributed by atoms with Crippen LogP contribution in [0.1, 0.15) is 133 Å². The zero-order chi connectivity index (χ0) is 31.8. The Morgan fingerprint density at radius 1 is 1.12 bits per heavy atom. The number of rotatable bonds is 2. The van der Waals surface area contributed by atoms with Gasteiger partial charge in [0, 0.05) is 40.2 Å². The van der Waals surface area contributed by atoms with Crippen LogP contribution < -0.4 is 0 Å². The van der Waals surface area contributed by atoms with E-state index < -0.39 is 29.5 Å². The van der Waals surface area contributed by atoms with Crippen molar-refractivity contribution in [2.24, 2.45) is 16.7 Å². The van der Waals surface area contributed by atoms with E-state index in [1.807, 2.05) is 0 Å². The Bertz CT molecular complexity index is 1230. The maximum Gasteiger partial charge on any atom is 0.417 e. The first-order valence-electron chi connectivity index (χ1n) is 14.9. The normalized spacial score (nSPS) is 26.2. The van der Waals surface area contributed by atoms with E-state index in [2.05, 4.69) is 79.9 Å². The number of nitrogens with zero attached hydrogens (tertiary/aromatic N) is 2. The first-order chi connectivity index (χ1) is 19.4. The van der Waals surface area contributed by atoms with Crippen LogP contribution in [0.25, 0.3) is 0 Å². The summed E-state index contributed by atoms with van der Waals surface area (Å²) in [4.78, 5) is 9.24. The molecule has 3 aliphatic rings. The summed E-state index contributed by atoms with van der Waals surface area (Å²) in [6, 6.07) is 2.43. The highest BCUT2D eigenvalue weighted by molar-refractivity contribution is 7.79. The minimum atomic E-state index is -4.46. The summed E-state index contributed by atoms with van der Waals surface area (Å²) in [6.07, 6.45) is -0.684. The number of aliphatic hydroxyl groups is 1. The number of aliphatic hydroxyl groups excluding tert-OH is 1. The Balaban J connectivity index is 0.000000541. The molecule has 1 saturated heterocycles. The molecule has 5 nitrogen and oxygen atoms in total. The van der Waals surface area contributed by atoms with Crippen molar-refractivity contribution in [3.63, 3.8) is 0 Å². The van der Waals surface area contributed by atoms with E-state index in [1.54, 1.807) is 6.26 Å². The molecule has 1 N–H and O–H groups in total. The predicted molar refractivity (Wildman–Crippen MR) is 164 cm³/mol. The molecule has 4 unspecified atom stereocenters. The monoisotopic (exact) mass is 610 g/mol. The first kappa shape index (κ1) is 34.8. The van der Waals surface area contributed by atoms with Crippen molar-refractivity contribution in [3.8, 4) is 0 Å². The summed E-state index contributed by atoms with van der Waals surface area (Å²) in [7, 11) is 0. The van der Waals surface area contributed by atoms with Crippen molar-refractivity contribution in [3.05, 3.63) is 57.7 Å². The summed E-state index contributed by atoms with van der Waals surface area (Å²) in [6.45, 7) is 20.2. The number of ether oxygens (including phenoxy) is 2. The second-order valence-corrected chi connectivity index (χ2v) is 14.0. The van der Waals surface area contributed by atoms with Crippen molar-refractivity contribution in [1.82, 2.24) is 9.97 Å². The molecule has 2 aromatic rings. The summed E-state index contributed by atoms with van der Waals surface area (Å²) in [5.74, 6) is 0.0499. The van der Waals surface area contributed by atoms with Gasteiger partial charge in [-0.15, -0.1) is 0 Å². The number of pyridine rings is 2. The third-order valence-electron chi connectivity index (χ3n) is 8.59. The summed E-state index contributed by atoms with van der Waals surface area (Å²) < 4.78 is 52.1. The SMILES string of the molecule is CC(C)c1nc2c(c3c1C(c1ccc(C(F)(F)F)cn1)OC31COCC1C)C(O)CC(C)(C)C2.CCC(C)(C)C.CS. The average molecular weight is 611 g/mol. The Hall–Kier alpha value is -1.68. The van der Waals surface area contributed by atoms with E-state index in [1.165, 1.54) is 12.5 Å². The number of thiol groups is 1. The molecule has 0 saturated carbocycles. The van der Waals surface area contributed by atoms with Crippen LogP contribution in [0, 0.1) is 16.7 Å². The number of alkyl halides is 3. The minimum absolute atomic E-state index is 0.000604. The lowest BCUT2D eigenvalue weighted by molar-refractivity contribution is -0.137. The van der Waals surface area contributed by atoms with Crippen molar-refractivity contribution in [2.75, 3.05) is 19.5 Å². The fourth-order valence-corrected chi connectivity index (χ4v) is 5.89. The molecule has 4 heterocycles. The number of fused-ring (bicyclic) bond motifs is 4. The van der Waals surface area contributed by atoms with Crippen LogP contribution in [0.15, 0.2) is 18.3 Å². The third-order valence-corrected chi connectivity index (χ3v) is 8.59. The molecule has 2 aliphatic heterocycles. The second-order valence-electron chi connectivity index (χ2n) is 14.0. The van der Waals surface area contributed by atoms with Gasteiger partial charge in [-0.05, 0) is 48.0 Å². The Labute approximate surface area is 255 Å². The van der Waals surface area contributed by atoms with Gasteiger partial charge in [-0.1, -0.05) is 68.7 Å². The quantitative estimate of drug-likeness (QED) is 0.334. The Morgan fingerprint density at radius 2 is 1.74 bits per heavy atom. The van der Waals surface area contributed by atoms with E-state index in [0.29, 0.717) is 30.7 Å². The van der Waals surface area contributed by atoms with E-state index in [4.69, 9.17) is 14.5 Å². The molecular weight excluding hydrogens is 561 g/mol. The summed E-state index contributed by atoms with van der Waals surface area (Å²) >= 11 is 3.53. The van der Waals surface area contributed by atoms with Gasteiger partial charge in [0.05, 0.1) is 30.6 Å². The summed E-state index contributed by atoms with van der Waals surface area (Å²) in [5, 5.41) is 11.3. The molecule has 42 heavy (non-hydrogen) atoms. The van der Waals surface area contributed by atoms with Gasteiger partial charge in [-0.2, -0.15) is 25.8 Å². The van der Waals surface area contributed by atoms with Crippen molar-refractivity contribution in [2.45, 2.75) is 111 Å². The number of aromatic nitrogens is 2. The molecule has 236 valence electrons. The highest BCUT2D eigenvalue weighted by Gasteiger charge is 2.57. The van der Waals surface area contributed by atoms with Gasteiger partial charge in [0.2, 0.25) is 0 Å². The van der Waals surface area contributed by atoms with Crippen molar-refractivity contribution < 1.29 is 27.8 Å². The van der Waals surface area contributed by atoms with Crippen molar-refractivity contribution >= 4 is 12.6 Å². The molecule has 1 fully saturated rings. The van der Waals surface area contributed by atoms with Crippen LogP contribution in [-0.4, -0.2) is 34.5 Å². The maximum atomic E-state index is 13.2. The van der Waals surface area contributed by atoms with Crippen LogP contribution in [-0.2, 0) is 27.7 Å². The maximum absolute atomic E-state index is 13.2. The first-order valence-corrected chi connectivity index (χ1v) is 15.8. The van der Waals surface area contributed by atoms with E-state index in [-0.39, 0.29) is 17.3 Å². The zero-order valence-electron chi connectivity index (χ0n) is 26.8. The molecule has 0 bridgehead atoms. The molecule has 2 aromatic heterocycles. The Morgan fingerprint density at radius 3 is 2.19 bits per heavy atom. The second kappa shape index (κ2) is 12.7. The fraction of sp³-hybridized carbons (Fsp3) is 0.697. The largest absolute Gasteiger partial charge is 0.417 e. The van der Waals surface area contributed by atoms with Crippen LogP contribution >= 0.6 is 12.6 Å². The van der Waals surface area contributed by atoms with Crippen LogP contribution in [0.5, 0.6) is 0 Å². The van der Waals surface area contributed by atoms with Gasteiger partial charge >= 0.3 is 6.18 Å². The number of hydrogen-bond donors (Lipinski definition) is 2. The lowest BCUT2D eigenvalue weighted by atomic mass is 9.69. The van der Waals surface area contributed by atoms with Gasteiger partial charge in [0.25, 0.3) is 0 Å². The third kappa shape index (κ3) is 7.00. The predicted octanol–water partition coefficient (Wildman–Crippen LogP) is 8.59. The van der Waals surface area contributed by atoms with Crippen LogP contribution in [0.3, 0.4) is 0 Å². The van der Waals surface area contributed by atoms with Gasteiger partial charge in [0.1, 0.15) is 11.7 Å². The number of hydrogen-bond acceptors (Lipinski definition) is 6. The topological polar surface area (TPSA) is 64.5 Å². The smallest absolute Gasteiger partial charge is 0.388 e. The van der Waals surface area contributed by atoms with Crippen LogP contribution in [0.2, 0.25) is 0 Å². The van der Waals surface area contributed by atoms with E-state index in [0.717, 1.165) is 46.8 Å². The molecular formula is C33H49F3N2O3S. The molecule has 9 heteroatoms. The van der Waals surface area contributed by atoms with Crippen molar-refractivity contribution in [1.29, 1.82) is 0 Å². The molecule has 5 rings (SSSR count). The molecule has 0 radical (unpaired) electrons. The van der Waals surface area contributed by atoms with Gasteiger partial charge in [-0.25, -0.2) is 0 Å². The van der Waals surface area contributed by atoms with Crippen LogP contribution in [0.4, 0.5) is 13.2 Å². The lowest BCUT2D eigenvalue weighted by Gasteiger charge is -2.38. The van der Waals surface area contributed by atoms with E-state index >= 15 is 0 Å². The summed E-state index contributed by atoms with van der Waals surface area (Å²) in [5.41, 5.74) is 3.54. The molecule has 0 aromatic carbocycles. The van der Waals surface area contributed by atoms with Gasteiger partial charge < -0.3 is 14.6 Å². The standard InChI is InChI=1S/C26H31F3N2O3.C6H14.CH4S/c1-13(2)22-20-21(19-17(31-22)8-24(4,5)9-18(19)32)25(12-33-11-14(25)3)34-23(20)16-7-6-15(10-30-16)26(27,28)29;1-5-6(2,3)4;1-2/h6-7,10,13-14,18,23,32H,8-9,11-12H2,1-5H3;5H2,1-4H3;2H,1H3. The molecule has 1 aliphatic carbocycles. The zero-order valence-corrected chi connectivity index (χ0v) is 27.7. The fourth-order valence-electron chi connectivity index (χ4n) is 5.89. The minimum Gasteiger partial charge on any atom is -0.388 e. The molecule has 1 spiro atoms. The number of halogens is 3. The highest BCUT2D eigenvalue weighted by atomic mass is 32.1. The van der Waals surface area contributed by atoms with Gasteiger partial charge in [0.15, 0.2) is 0 Å². The average Bonchev–Trinajstić information content (AvgIpc) is 3.43. The van der Waals surface area contributed by atoms with E-state index in [9.17, 15) is 18.3 Å².